The standard InChI is InChI=1S/C42H27BrN2S/c43-30-24-33(26-34(25-30)45-39-15-7-4-12-35(39)36-13-5-8-16-40(36)45)44(31-20-18-29(19-21-31)28-10-2-1-3-11-28)32-22-23-42-38(27-32)37-14-6-9-17-41(37)46-42/h1-27H. The zero-order valence-corrected chi connectivity index (χ0v) is 27.2. The highest BCUT2D eigenvalue weighted by Crippen LogP contribution is 2.43. The first kappa shape index (κ1) is 27.2. The summed E-state index contributed by atoms with van der Waals surface area (Å²) >= 11 is 5.76. The first-order chi connectivity index (χ1) is 22.7. The Labute approximate surface area is 279 Å². The quantitative estimate of drug-likeness (QED) is 0.177. The summed E-state index contributed by atoms with van der Waals surface area (Å²) < 4.78 is 6.01. The van der Waals surface area contributed by atoms with E-state index < -0.39 is 0 Å². The number of fused-ring (bicyclic) bond motifs is 6. The second-order valence-corrected chi connectivity index (χ2v) is 13.6. The summed E-state index contributed by atoms with van der Waals surface area (Å²) in [6.07, 6.45) is 0. The van der Waals surface area contributed by atoms with E-state index in [1.54, 1.807) is 0 Å². The van der Waals surface area contributed by atoms with E-state index in [4.69, 9.17) is 0 Å². The van der Waals surface area contributed by atoms with Gasteiger partial charge in [-0.25, -0.2) is 0 Å². The third-order valence-corrected chi connectivity index (χ3v) is 10.4. The number of thiophene rings is 1. The lowest BCUT2D eigenvalue weighted by molar-refractivity contribution is 1.17. The highest BCUT2D eigenvalue weighted by molar-refractivity contribution is 9.10. The minimum absolute atomic E-state index is 1.02. The number of aromatic nitrogens is 1. The van der Waals surface area contributed by atoms with Gasteiger partial charge in [0.1, 0.15) is 0 Å². The minimum atomic E-state index is 1.02. The molecule has 0 spiro atoms. The van der Waals surface area contributed by atoms with Gasteiger partial charge in [0.05, 0.1) is 11.0 Å². The largest absolute Gasteiger partial charge is 0.310 e. The molecule has 4 heteroatoms. The van der Waals surface area contributed by atoms with Crippen LogP contribution in [0.15, 0.2) is 168 Å². The van der Waals surface area contributed by atoms with Crippen molar-refractivity contribution in [2.24, 2.45) is 0 Å². The Hall–Kier alpha value is -5.16. The maximum absolute atomic E-state index is 3.91. The van der Waals surface area contributed by atoms with E-state index in [9.17, 15) is 0 Å². The zero-order valence-electron chi connectivity index (χ0n) is 24.8. The van der Waals surface area contributed by atoms with Gasteiger partial charge in [0, 0.05) is 58.2 Å². The molecule has 7 aromatic carbocycles. The molecule has 9 aromatic rings. The lowest BCUT2D eigenvalue weighted by atomic mass is 10.0. The van der Waals surface area contributed by atoms with Crippen molar-refractivity contribution in [3.8, 4) is 16.8 Å². The van der Waals surface area contributed by atoms with Gasteiger partial charge in [-0.1, -0.05) is 113 Å². The van der Waals surface area contributed by atoms with E-state index in [1.807, 2.05) is 11.3 Å². The molecular weight excluding hydrogens is 644 g/mol. The molecular formula is C42H27BrN2S. The topological polar surface area (TPSA) is 8.17 Å². The van der Waals surface area contributed by atoms with Crippen molar-refractivity contribution in [1.29, 1.82) is 0 Å². The molecule has 2 heterocycles. The third-order valence-electron chi connectivity index (χ3n) is 8.81. The lowest BCUT2D eigenvalue weighted by Gasteiger charge is -2.27. The molecule has 46 heavy (non-hydrogen) atoms. The van der Waals surface area contributed by atoms with Gasteiger partial charge in [-0.15, -0.1) is 11.3 Å². The van der Waals surface area contributed by atoms with Crippen LogP contribution >= 0.6 is 27.3 Å². The second kappa shape index (κ2) is 11.0. The Morgan fingerprint density at radius 1 is 0.435 bits per heavy atom. The zero-order chi connectivity index (χ0) is 30.6. The Bertz CT molecular complexity index is 2490. The average Bonchev–Trinajstić information content (AvgIpc) is 3.65. The molecule has 2 nitrogen and oxygen atoms in total. The van der Waals surface area contributed by atoms with Gasteiger partial charge < -0.3 is 9.47 Å². The number of anilines is 3. The summed E-state index contributed by atoms with van der Waals surface area (Å²) in [6, 6.07) is 59.2. The monoisotopic (exact) mass is 670 g/mol. The van der Waals surface area contributed by atoms with Crippen LogP contribution in [0.1, 0.15) is 0 Å². The summed E-state index contributed by atoms with van der Waals surface area (Å²) in [6.45, 7) is 0. The van der Waals surface area contributed by atoms with E-state index in [-0.39, 0.29) is 0 Å². The van der Waals surface area contributed by atoms with Gasteiger partial charge in [0.15, 0.2) is 0 Å². The molecule has 9 rings (SSSR count). The predicted octanol–water partition coefficient (Wildman–Crippen LogP) is 13.1. The van der Waals surface area contributed by atoms with E-state index >= 15 is 0 Å². The Morgan fingerprint density at radius 2 is 1.02 bits per heavy atom. The summed E-state index contributed by atoms with van der Waals surface area (Å²) in [7, 11) is 0. The van der Waals surface area contributed by atoms with Gasteiger partial charge in [0.2, 0.25) is 0 Å². The van der Waals surface area contributed by atoms with Crippen LogP contribution in [-0.4, -0.2) is 4.57 Å². The fraction of sp³-hybridized carbons (Fsp3) is 0. The van der Waals surface area contributed by atoms with Crippen molar-refractivity contribution >= 4 is 86.3 Å². The molecule has 0 aliphatic rings. The van der Waals surface area contributed by atoms with Gasteiger partial charge in [-0.3, -0.25) is 0 Å². The van der Waals surface area contributed by atoms with Crippen LogP contribution in [0.3, 0.4) is 0 Å². The van der Waals surface area contributed by atoms with Crippen molar-refractivity contribution in [3.05, 3.63) is 168 Å². The maximum Gasteiger partial charge on any atom is 0.0541 e. The highest BCUT2D eigenvalue weighted by atomic mass is 79.9. The van der Waals surface area contributed by atoms with Crippen molar-refractivity contribution < 1.29 is 0 Å². The Balaban J connectivity index is 1.27. The number of hydrogen-bond donors (Lipinski definition) is 0. The molecule has 0 fully saturated rings. The van der Waals surface area contributed by atoms with Crippen molar-refractivity contribution in [1.82, 2.24) is 4.57 Å². The molecule has 0 aliphatic carbocycles. The van der Waals surface area contributed by atoms with E-state index in [0.717, 1.165) is 27.2 Å². The second-order valence-electron chi connectivity index (χ2n) is 11.6. The summed E-state index contributed by atoms with van der Waals surface area (Å²) in [5, 5.41) is 5.08. The van der Waals surface area contributed by atoms with E-state index in [1.165, 1.54) is 53.1 Å². The number of hydrogen-bond acceptors (Lipinski definition) is 2. The number of benzene rings is 7. The van der Waals surface area contributed by atoms with Crippen molar-refractivity contribution in [3.63, 3.8) is 0 Å². The number of nitrogens with zero attached hydrogens (tertiary/aromatic N) is 2. The van der Waals surface area contributed by atoms with Crippen LogP contribution < -0.4 is 4.90 Å². The number of rotatable bonds is 5. The molecule has 0 atom stereocenters. The van der Waals surface area contributed by atoms with Gasteiger partial charge >= 0.3 is 0 Å². The molecule has 0 saturated carbocycles. The third kappa shape index (κ3) is 4.53. The molecule has 218 valence electrons. The maximum atomic E-state index is 3.91. The lowest BCUT2D eigenvalue weighted by Crippen LogP contribution is -2.10. The van der Waals surface area contributed by atoms with Gasteiger partial charge in [-0.2, -0.15) is 0 Å². The molecule has 0 aliphatic heterocycles. The fourth-order valence-corrected chi connectivity index (χ4v) is 8.31. The molecule has 0 saturated heterocycles. The van der Waals surface area contributed by atoms with Gasteiger partial charge in [-0.05, 0) is 77.9 Å². The summed E-state index contributed by atoms with van der Waals surface area (Å²) in [4.78, 5) is 2.38. The smallest absolute Gasteiger partial charge is 0.0541 e. The average molecular weight is 672 g/mol. The van der Waals surface area contributed by atoms with Crippen LogP contribution in [0, 0.1) is 0 Å². The van der Waals surface area contributed by atoms with E-state index in [2.05, 4.69) is 189 Å². The van der Waals surface area contributed by atoms with Crippen molar-refractivity contribution in [2.45, 2.75) is 0 Å². The SMILES string of the molecule is Brc1cc(N(c2ccc(-c3ccccc3)cc2)c2ccc3sc4ccccc4c3c2)cc(-n2c3ccccc3c3ccccc32)c1. The Kier molecular flexibility index (Phi) is 6.51. The Morgan fingerprint density at radius 3 is 1.76 bits per heavy atom. The summed E-state index contributed by atoms with van der Waals surface area (Å²) in [5.41, 5.74) is 9.20. The normalized spacial score (nSPS) is 11.6. The molecule has 2 aromatic heterocycles. The summed E-state index contributed by atoms with van der Waals surface area (Å²) in [5.74, 6) is 0. The molecule has 0 bridgehead atoms. The minimum Gasteiger partial charge on any atom is -0.310 e. The number of para-hydroxylation sites is 2. The van der Waals surface area contributed by atoms with Crippen LogP contribution in [0.2, 0.25) is 0 Å². The molecule has 0 unspecified atom stereocenters. The van der Waals surface area contributed by atoms with Crippen LogP contribution in [0.25, 0.3) is 58.8 Å². The van der Waals surface area contributed by atoms with Crippen LogP contribution in [0.5, 0.6) is 0 Å². The predicted molar refractivity (Wildman–Crippen MR) is 201 cm³/mol. The van der Waals surface area contributed by atoms with E-state index in [0.29, 0.717) is 0 Å². The first-order valence-electron chi connectivity index (χ1n) is 15.4. The van der Waals surface area contributed by atoms with Crippen molar-refractivity contribution in [2.75, 3.05) is 4.90 Å². The molecule has 0 N–H and O–H groups in total. The van der Waals surface area contributed by atoms with Crippen LogP contribution in [-0.2, 0) is 0 Å². The first-order valence-corrected chi connectivity index (χ1v) is 17.0. The fourth-order valence-electron chi connectivity index (χ4n) is 6.75. The van der Waals surface area contributed by atoms with Gasteiger partial charge in [0.25, 0.3) is 0 Å². The highest BCUT2D eigenvalue weighted by Gasteiger charge is 2.18. The molecule has 0 radical (unpaired) electrons. The number of halogens is 1. The van der Waals surface area contributed by atoms with Crippen LogP contribution in [0.4, 0.5) is 17.1 Å². The molecule has 0 amide bonds.